The molecule has 162 valence electrons. The molecule has 1 unspecified atom stereocenters. The Balaban J connectivity index is 0.00000132. The van der Waals surface area contributed by atoms with Gasteiger partial charge in [-0.3, -0.25) is 14.4 Å². The second kappa shape index (κ2) is 9.53. The Morgan fingerprint density at radius 3 is 2.03 bits per heavy atom. The molecule has 0 aromatic heterocycles. The van der Waals surface area contributed by atoms with Gasteiger partial charge in [-0.05, 0) is 46.6 Å². The fraction of sp³-hybridized carbons (Fsp3) is 0.609. The zero-order chi connectivity index (χ0) is 22.5. The van der Waals surface area contributed by atoms with Gasteiger partial charge in [0.25, 0.3) is 0 Å². The molecule has 2 rings (SSSR count). The van der Waals surface area contributed by atoms with Gasteiger partial charge in [0.05, 0.1) is 23.5 Å². The van der Waals surface area contributed by atoms with Crippen LogP contribution in [-0.2, 0) is 29.3 Å². The number of likely N-dealkylation sites (tertiary alicyclic amines) is 1. The van der Waals surface area contributed by atoms with Crippen molar-refractivity contribution >= 4 is 17.7 Å². The Morgan fingerprint density at radius 2 is 1.59 bits per heavy atom. The molecule has 1 heterocycles. The van der Waals surface area contributed by atoms with E-state index in [9.17, 15) is 14.4 Å². The van der Waals surface area contributed by atoms with Gasteiger partial charge in [-0.1, -0.05) is 30.3 Å². The Morgan fingerprint density at radius 1 is 1.07 bits per heavy atom. The van der Waals surface area contributed by atoms with Gasteiger partial charge in [0.15, 0.2) is 0 Å². The number of hydrogen-bond donors (Lipinski definition) is 0. The largest absolute Gasteiger partial charge is 0.469 e. The smallest absolute Gasteiger partial charge is 0.313 e. The van der Waals surface area contributed by atoms with Crippen LogP contribution in [0.2, 0.25) is 0 Å². The summed E-state index contributed by atoms with van der Waals surface area (Å²) in [5.74, 6) is -0.478. The zero-order valence-electron chi connectivity index (χ0n) is 19.0. The summed E-state index contributed by atoms with van der Waals surface area (Å²) in [7, 11) is 4.61. The predicted molar refractivity (Wildman–Crippen MR) is 113 cm³/mol. The molecule has 0 radical (unpaired) electrons. The number of amides is 1. The molecule has 1 aliphatic rings. The normalized spacial score (nSPS) is 19.4. The minimum atomic E-state index is -0.888. The zero-order valence-corrected chi connectivity index (χ0v) is 19.0. The first-order valence-corrected chi connectivity index (χ1v) is 9.78. The van der Waals surface area contributed by atoms with Gasteiger partial charge >= 0.3 is 5.97 Å². The quantitative estimate of drug-likeness (QED) is 0.679. The molecule has 1 aromatic rings. The van der Waals surface area contributed by atoms with Crippen LogP contribution in [0.15, 0.2) is 30.3 Å². The Labute approximate surface area is 174 Å². The Hall–Kier alpha value is -2.21. The molecular weight excluding hydrogens is 370 g/mol. The molecule has 1 saturated heterocycles. The maximum atomic E-state index is 13.6. The lowest BCUT2D eigenvalue weighted by Crippen LogP contribution is -2.59. The molecule has 1 fully saturated rings. The molecule has 0 spiro atoms. The standard InChI is InChI=1S/C21H29NO4.C2H6O/c1-15(23)14-21(16-10-8-7-9-11-16)12-13-22(17(21)24)20(4,5)19(2,3)18(25)26-6;1-3-2/h7-11H,12-14H2,1-6H3;1-2H3. The fourth-order valence-corrected chi connectivity index (χ4v) is 3.86. The van der Waals surface area contributed by atoms with Crippen molar-refractivity contribution in [1.82, 2.24) is 4.90 Å². The number of hydrogen-bond acceptors (Lipinski definition) is 5. The van der Waals surface area contributed by atoms with Gasteiger partial charge in [-0.25, -0.2) is 0 Å². The van der Waals surface area contributed by atoms with Crippen LogP contribution >= 0.6 is 0 Å². The number of nitrogens with zero attached hydrogens (tertiary/aromatic N) is 1. The number of rotatable bonds is 6. The van der Waals surface area contributed by atoms with Crippen LogP contribution in [0.3, 0.4) is 0 Å². The maximum Gasteiger partial charge on any atom is 0.313 e. The highest BCUT2D eigenvalue weighted by Crippen LogP contribution is 2.46. The minimum Gasteiger partial charge on any atom is -0.469 e. The molecule has 0 aliphatic carbocycles. The van der Waals surface area contributed by atoms with E-state index >= 15 is 0 Å². The van der Waals surface area contributed by atoms with Crippen molar-refractivity contribution in [2.24, 2.45) is 5.41 Å². The number of Topliss-reactive ketones (excluding diaryl/α,β-unsaturated/α-hetero) is 1. The monoisotopic (exact) mass is 405 g/mol. The predicted octanol–water partition coefficient (Wildman–Crippen LogP) is 3.38. The van der Waals surface area contributed by atoms with Crippen molar-refractivity contribution in [1.29, 1.82) is 0 Å². The average molecular weight is 406 g/mol. The Bertz CT molecular complexity index is 726. The number of esters is 1. The molecule has 1 atom stereocenters. The maximum absolute atomic E-state index is 13.6. The van der Waals surface area contributed by atoms with Crippen LogP contribution in [0.1, 0.15) is 53.0 Å². The molecular formula is C23H35NO5. The van der Waals surface area contributed by atoms with Gasteiger partial charge < -0.3 is 14.4 Å². The molecule has 0 saturated carbocycles. The van der Waals surface area contributed by atoms with Crippen molar-refractivity contribution in [2.75, 3.05) is 27.9 Å². The van der Waals surface area contributed by atoms with E-state index in [4.69, 9.17) is 4.74 Å². The van der Waals surface area contributed by atoms with E-state index in [1.165, 1.54) is 14.0 Å². The summed E-state index contributed by atoms with van der Waals surface area (Å²) in [4.78, 5) is 39.7. The molecule has 6 nitrogen and oxygen atoms in total. The summed E-state index contributed by atoms with van der Waals surface area (Å²) < 4.78 is 9.22. The topological polar surface area (TPSA) is 72.9 Å². The van der Waals surface area contributed by atoms with E-state index in [0.29, 0.717) is 13.0 Å². The van der Waals surface area contributed by atoms with E-state index in [2.05, 4.69) is 4.74 Å². The van der Waals surface area contributed by atoms with E-state index in [1.807, 2.05) is 44.2 Å². The van der Waals surface area contributed by atoms with Crippen molar-refractivity contribution in [3.05, 3.63) is 35.9 Å². The highest BCUT2D eigenvalue weighted by Gasteiger charge is 2.57. The highest BCUT2D eigenvalue weighted by atomic mass is 16.5. The SMILES string of the molecule is COC.COC(=O)C(C)(C)C(C)(C)N1CCC(CC(C)=O)(c2ccccc2)C1=O. The molecule has 6 heteroatoms. The van der Waals surface area contributed by atoms with Gasteiger partial charge in [0.1, 0.15) is 5.78 Å². The van der Waals surface area contributed by atoms with Gasteiger partial charge in [0, 0.05) is 27.2 Å². The van der Waals surface area contributed by atoms with Gasteiger partial charge in [-0.15, -0.1) is 0 Å². The van der Waals surface area contributed by atoms with Gasteiger partial charge in [0.2, 0.25) is 5.91 Å². The second-order valence-electron chi connectivity index (χ2n) is 8.62. The third kappa shape index (κ3) is 4.69. The molecule has 1 amide bonds. The third-order valence-electron chi connectivity index (χ3n) is 6.19. The number of ketones is 1. The van der Waals surface area contributed by atoms with E-state index in [1.54, 1.807) is 33.0 Å². The molecule has 1 aliphatic heterocycles. The first kappa shape index (κ1) is 24.8. The summed E-state index contributed by atoms with van der Waals surface area (Å²) in [6.07, 6.45) is 0.719. The van der Waals surface area contributed by atoms with Crippen molar-refractivity contribution in [3.8, 4) is 0 Å². The lowest BCUT2D eigenvalue weighted by molar-refractivity contribution is -0.162. The summed E-state index contributed by atoms with van der Waals surface area (Å²) in [5.41, 5.74) is -1.66. The molecule has 29 heavy (non-hydrogen) atoms. The van der Waals surface area contributed by atoms with Crippen molar-refractivity contribution in [2.45, 2.75) is 58.4 Å². The number of benzene rings is 1. The van der Waals surface area contributed by atoms with Crippen molar-refractivity contribution in [3.63, 3.8) is 0 Å². The number of ether oxygens (including phenoxy) is 2. The Kier molecular flexibility index (Phi) is 8.16. The molecule has 1 aromatic carbocycles. The van der Waals surface area contributed by atoms with E-state index in [-0.39, 0.29) is 24.1 Å². The lowest BCUT2D eigenvalue weighted by atomic mass is 9.72. The first-order chi connectivity index (χ1) is 13.4. The number of carbonyl (C=O) groups excluding carboxylic acids is 3. The van der Waals surface area contributed by atoms with Crippen LogP contribution in [0.25, 0.3) is 0 Å². The van der Waals surface area contributed by atoms with Gasteiger partial charge in [-0.2, -0.15) is 0 Å². The molecule has 0 bridgehead atoms. The third-order valence-corrected chi connectivity index (χ3v) is 6.19. The second-order valence-corrected chi connectivity index (χ2v) is 8.62. The van der Waals surface area contributed by atoms with Crippen LogP contribution < -0.4 is 0 Å². The average Bonchev–Trinajstić information content (AvgIpc) is 2.99. The number of methoxy groups -OCH3 is 2. The minimum absolute atomic E-state index is 0.0194. The van der Waals surface area contributed by atoms with E-state index in [0.717, 1.165) is 5.56 Å². The van der Waals surface area contributed by atoms with Crippen LogP contribution in [0.4, 0.5) is 0 Å². The van der Waals surface area contributed by atoms with Crippen LogP contribution in [0.5, 0.6) is 0 Å². The van der Waals surface area contributed by atoms with Crippen LogP contribution in [0, 0.1) is 5.41 Å². The fourth-order valence-electron chi connectivity index (χ4n) is 3.86. The van der Waals surface area contributed by atoms with E-state index < -0.39 is 16.4 Å². The highest BCUT2D eigenvalue weighted by molar-refractivity contribution is 5.96. The summed E-state index contributed by atoms with van der Waals surface area (Å²) in [6, 6.07) is 9.48. The van der Waals surface area contributed by atoms with Crippen LogP contribution in [-0.4, -0.2) is 56.0 Å². The first-order valence-electron chi connectivity index (χ1n) is 9.78. The summed E-state index contributed by atoms with van der Waals surface area (Å²) >= 11 is 0. The molecule has 0 N–H and O–H groups in total. The van der Waals surface area contributed by atoms with Crippen molar-refractivity contribution < 1.29 is 23.9 Å². The number of carbonyl (C=O) groups is 3. The summed E-state index contributed by atoms with van der Waals surface area (Å²) in [5, 5.41) is 0. The summed E-state index contributed by atoms with van der Waals surface area (Å²) in [6.45, 7) is 9.37. The lowest BCUT2D eigenvalue weighted by Gasteiger charge is -2.46.